The van der Waals surface area contributed by atoms with Crippen LogP contribution in [0.1, 0.15) is 61.6 Å². The van der Waals surface area contributed by atoms with Gasteiger partial charge >= 0.3 is 0 Å². The summed E-state index contributed by atoms with van der Waals surface area (Å²) in [6, 6.07) is 17.7. The second-order valence-corrected chi connectivity index (χ2v) is 8.08. The summed E-state index contributed by atoms with van der Waals surface area (Å²) in [5.74, 6) is 1.11. The molecule has 0 saturated heterocycles. The zero-order chi connectivity index (χ0) is 20.3. The molecule has 4 rings (SSSR count). The molecule has 1 aromatic heterocycles. The van der Waals surface area contributed by atoms with Crippen LogP contribution in [0, 0.1) is 0 Å². The molecule has 0 bridgehead atoms. The molecule has 0 radical (unpaired) electrons. The van der Waals surface area contributed by atoms with Crippen molar-refractivity contribution in [3.05, 3.63) is 82.5 Å². The van der Waals surface area contributed by atoms with Crippen molar-refractivity contribution in [1.29, 1.82) is 0 Å². The van der Waals surface area contributed by atoms with Crippen molar-refractivity contribution in [3.8, 4) is 0 Å². The van der Waals surface area contributed by atoms with Crippen molar-refractivity contribution >= 4 is 17.5 Å². The van der Waals surface area contributed by atoms with Crippen LogP contribution in [0.3, 0.4) is 0 Å². The van der Waals surface area contributed by atoms with Crippen molar-refractivity contribution in [1.82, 2.24) is 15.5 Å². The van der Waals surface area contributed by atoms with Gasteiger partial charge in [0.15, 0.2) is 0 Å². The molecule has 0 aliphatic heterocycles. The van der Waals surface area contributed by atoms with Crippen molar-refractivity contribution in [3.63, 3.8) is 0 Å². The molecule has 1 amide bonds. The van der Waals surface area contributed by atoms with Crippen LogP contribution in [0.25, 0.3) is 0 Å². The van der Waals surface area contributed by atoms with Gasteiger partial charge in [-0.15, -0.1) is 10.2 Å². The van der Waals surface area contributed by atoms with E-state index in [1.807, 2.05) is 61.5 Å². The predicted molar refractivity (Wildman–Crippen MR) is 112 cm³/mol. The van der Waals surface area contributed by atoms with E-state index >= 15 is 0 Å². The summed E-state index contributed by atoms with van der Waals surface area (Å²) in [6.07, 6.45) is 3.82. The van der Waals surface area contributed by atoms with Crippen LogP contribution in [0.4, 0.5) is 0 Å². The average molecular weight is 410 g/mol. The topological polar surface area (TPSA) is 68.0 Å². The number of nitrogens with one attached hydrogen (secondary N) is 1. The van der Waals surface area contributed by atoms with Crippen LogP contribution >= 0.6 is 11.6 Å². The lowest BCUT2D eigenvalue weighted by Crippen LogP contribution is -2.35. The average Bonchev–Trinajstić information content (AvgIpc) is 3.17. The zero-order valence-corrected chi connectivity index (χ0v) is 17.2. The third-order valence-corrected chi connectivity index (χ3v) is 5.98. The molecule has 1 fully saturated rings. The highest BCUT2D eigenvalue weighted by molar-refractivity contribution is 6.30. The Bertz CT molecular complexity index is 965. The maximum Gasteiger partial charge on any atom is 0.227 e. The number of halogens is 1. The molecule has 1 unspecified atom stereocenters. The van der Waals surface area contributed by atoms with E-state index in [0.29, 0.717) is 29.6 Å². The van der Waals surface area contributed by atoms with Gasteiger partial charge in [-0.2, -0.15) is 0 Å². The summed E-state index contributed by atoms with van der Waals surface area (Å²) in [5, 5.41) is 12.2. The number of rotatable bonds is 7. The zero-order valence-electron chi connectivity index (χ0n) is 16.4. The highest BCUT2D eigenvalue weighted by Crippen LogP contribution is 2.48. The molecular weight excluding hydrogens is 386 g/mol. The van der Waals surface area contributed by atoms with Gasteiger partial charge in [0.05, 0.1) is 11.5 Å². The number of nitrogens with zero attached hydrogens (tertiary/aromatic N) is 2. The highest BCUT2D eigenvalue weighted by atomic mass is 35.5. The third-order valence-electron chi connectivity index (χ3n) is 5.72. The quantitative estimate of drug-likeness (QED) is 0.596. The van der Waals surface area contributed by atoms with E-state index < -0.39 is 0 Å². The van der Waals surface area contributed by atoms with Gasteiger partial charge in [-0.25, -0.2) is 0 Å². The van der Waals surface area contributed by atoms with Gasteiger partial charge in [-0.1, -0.05) is 60.5 Å². The fourth-order valence-electron chi connectivity index (χ4n) is 3.83. The second-order valence-electron chi connectivity index (χ2n) is 7.64. The molecule has 29 heavy (non-hydrogen) atoms. The van der Waals surface area contributed by atoms with E-state index in [9.17, 15) is 4.79 Å². The fraction of sp³-hybridized carbons (Fsp3) is 0.348. The molecule has 1 aliphatic rings. The van der Waals surface area contributed by atoms with Gasteiger partial charge in [0.2, 0.25) is 17.7 Å². The Labute approximate surface area is 175 Å². The maximum atomic E-state index is 12.3. The molecule has 1 heterocycles. The number of hydrogen-bond acceptors (Lipinski definition) is 4. The molecule has 1 saturated carbocycles. The largest absolute Gasteiger partial charge is 0.424 e. The molecule has 1 atom stereocenters. The Morgan fingerprint density at radius 2 is 1.86 bits per heavy atom. The van der Waals surface area contributed by atoms with E-state index in [-0.39, 0.29) is 17.4 Å². The number of hydrogen-bond donors (Lipinski definition) is 1. The summed E-state index contributed by atoms with van der Waals surface area (Å²) in [4.78, 5) is 12.3. The molecule has 1 aliphatic carbocycles. The summed E-state index contributed by atoms with van der Waals surface area (Å²) in [6.45, 7) is 1.98. The summed E-state index contributed by atoms with van der Waals surface area (Å²) < 4.78 is 5.98. The Kier molecular flexibility index (Phi) is 5.67. The summed E-state index contributed by atoms with van der Waals surface area (Å²) in [7, 11) is 0. The first kappa shape index (κ1) is 19.6. The molecule has 2 aromatic carbocycles. The van der Waals surface area contributed by atoms with Crippen LogP contribution in [0.2, 0.25) is 5.02 Å². The van der Waals surface area contributed by atoms with Crippen LogP contribution in [-0.2, 0) is 16.6 Å². The van der Waals surface area contributed by atoms with Crippen molar-refractivity contribution in [2.45, 2.75) is 50.5 Å². The number of carbonyl (C=O) groups is 1. The lowest BCUT2D eigenvalue weighted by atomic mass is 9.64. The standard InChI is InChI=1S/C23H24ClN3O2/c1-16(17-6-3-2-4-7-17)25-20(28)12-13-21-26-27-22(29-21)23(14-5-15-23)18-8-10-19(24)11-9-18/h2-4,6-11,16H,5,12-15H2,1H3,(H,25,28). The van der Waals surface area contributed by atoms with Gasteiger partial charge in [-0.05, 0) is 43.0 Å². The number of aromatic nitrogens is 2. The fourth-order valence-corrected chi connectivity index (χ4v) is 3.96. The Balaban J connectivity index is 1.38. The lowest BCUT2D eigenvalue weighted by molar-refractivity contribution is -0.121. The monoisotopic (exact) mass is 409 g/mol. The Morgan fingerprint density at radius 1 is 1.14 bits per heavy atom. The van der Waals surface area contributed by atoms with Gasteiger partial charge in [0.1, 0.15) is 0 Å². The van der Waals surface area contributed by atoms with Gasteiger partial charge in [-0.3, -0.25) is 4.79 Å². The van der Waals surface area contributed by atoms with E-state index in [4.69, 9.17) is 16.0 Å². The molecule has 150 valence electrons. The van der Waals surface area contributed by atoms with Gasteiger partial charge < -0.3 is 9.73 Å². The first-order valence-corrected chi connectivity index (χ1v) is 10.4. The summed E-state index contributed by atoms with van der Waals surface area (Å²) in [5.41, 5.74) is 2.01. The molecule has 6 heteroatoms. The first-order chi connectivity index (χ1) is 14.1. The van der Waals surface area contributed by atoms with Crippen LogP contribution in [0.15, 0.2) is 59.0 Å². The number of benzene rings is 2. The van der Waals surface area contributed by atoms with E-state index in [1.54, 1.807) is 0 Å². The maximum absolute atomic E-state index is 12.3. The molecule has 1 N–H and O–H groups in total. The first-order valence-electron chi connectivity index (χ1n) is 10.00. The van der Waals surface area contributed by atoms with Gasteiger partial charge in [0, 0.05) is 17.9 Å². The number of amides is 1. The van der Waals surface area contributed by atoms with E-state index in [2.05, 4.69) is 15.5 Å². The van der Waals surface area contributed by atoms with Crippen molar-refractivity contribution in [2.24, 2.45) is 0 Å². The SMILES string of the molecule is CC(NC(=O)CCc1nnc(C2(c3ccc(Cl)cc3)CCC2)o1)c1ccccc1. The highest BCUT2D eigenvalue weighted by Gasteiger charge is 2.45. The van der Waals surface area contributed by atoms with Crippen LogP contribution in [-0.4, -0.2) is 16.1 Å². The minimum Gasteiger partial charge on any atom is -0.424 e. The predicted octanol–water partition coefficient (Wildman–Crippen LogP) is 5.00. The van der Waals surface area contributed by atoms with Crippen molar-refractivity contribution in [2.75, 3.05) is 0 Å². The minimum atomic E-state index is -0.222. The van der Waals surface area contributed by atoms with Crippen molar-refractivity contribution < 1.29 is 9.21 Å². The number of aryl methyl sites for hydroxylation is 1. The number of carbonyl (C=O) groups excluding carboxylic acids is 1. The van der Waals surface area contributed by atoms with Crippen LogP contribution in [0.5, 0.6) is 0 Å². The molecule has 5 nitrogen and oxygen atoms in total. The summed E-state index contributed by atoms with van der Waals surface area (Å²) >= 11 is 6.03. The van der Waals surface area contributed by atoms with E-state index in [1.165, 1.54) is 0 Å². The minimum absolute atomic E-state index is 0.0304. The second kappa shape index (κ2) is 8.37. The van der Waals surface area contributed by atoms with Crippen LogP contribution < -0.4 is 5.32 Å². The smallest absolute Gasteiger partial charge is 0.227 e. The Morgan fingerprint density at radius 3 is 2.52 bits per heavy atom. The molecule has 3 aromatic rings. The normalized spacial score (nSPS) is 16.1. The lowest BCUT2D eigenvalue weighted by Gasteiger charge is -2.39. The van der Waals surface area contributed by atoms with E-state index in [0.717, 1.165) is 30.4 Å². The third kappa shape index (κ3) is 4.20. The molecular formula is C23H24ClN3O2. The molecule has 0 spiro atoms. The van der Waals surface area contributed by atoms with Gasteiger partial charge in [0.25, 0.3) is 0 Å². The Hall–Kier alpha value is -2.66.